The predicted molar refractivity (Wildman–Crippen MR) is 41.8 cm³/mol. The van der Waals surface area contributed by atoms with Gasteiger partial charge in [0, 0.05) is 0 Å². The molecule has 1 amide bonds. The van der Waals surface area contributed by atoms with Crippen molar-refractivity contribution < 1.29 is 9.90 Å². The lowest BCUT2D eigenvalue weighted by Crippen LogP contribution is -2.03. The lowest BCUT2D eigenvalue weighted by molar-refractivity contribution is 0.205. The third kappa shape index (κ3) is 72.9. The first-order valence-corrected chi connectivity index (χ1v) is 2.91. The zero-order chi connectivity index (χ0) is 8.41. The van der Waals surface area contributed by atoms with Gasteiger partial charge in [0.1, 0.15) is 0 Å². The van der Waals surface area contributed by atoms with E-state index in [-0.39, 0.29) is 0 Å². The highest BCUT2D eigenvalue weighted by atomic mass is 16.4. The molecule has 0 aliphatic carbocycles. The monoisotopic (exact) mass is 143 g/mol. The highest BCUT2D eigenvalue weighted by Crippen LogP contribution is 1.76. The van der Waals surface area contributed by atoms with Gasteiger partial charge in [0.2, 0.25) is 0 Å². The molecule has 58 valence electrons. The molecule has 0 spiro atoms. The molecule has 10 heavy (non-hydrogen) atoms. The molecule has 0 aliphatic heterocycles. The SMILES string of the molecule is C=CC=CCC.NC(=O)O. The molecule has 3 N–H and O–H groups in total. The van der Waals surface area contributed by atoms with Crippen molar-refractivity contribution in [3.63, 3.8) is 0 Å². The standard InChI is InChI=1S/C6H10.CH3NO2/c1-3-5-6-4-2;2-1(3)4/h3,5-6H,1,4H2,2H3;2H2,(H,3,4). The van der Waals surface area contributed by atoms with E-state index in [1.165, 1.54) is 0 Å². The molecule has 0 aromatic heterocycles. The second-order valence-electron chi connectivity index (χ2n) is 1.41. The number of hydrogen-bond donors (Lipinski definition) is 2. The fraction of sp³-hybridized carbons (Fsp3) is 0.286. The number of allylic oxidation sites excluding steroid dienone is 3. The lowest BCUT2D eigenvalue weighted by atomic mass is 10.4. The van der Waals surface area contributed by atoms with Gasteiger partial charge in [-0.15, -0.1) is 0 Å². The third-order valence-corrected chi connectivity index (χ3v) is 0.508. The van der Waals surface area contributed by atoms with Crippen LogP contribution in [0.2, 0.25) is 0 Å². The van der Waals surface area contributed by atoms with Crippen LogP contribution in [0.3, 0.4) is 0 Å². The smallest absolute Gasteiger partial charge is 0.402 e. The highest BCUT2D eigenvalue weighted by molar-refractivity contribution is 5.61. The van der Waals surface area contributed by atoms with Crippen molar-refractivity contribution in [3.8, 4) is 0 Å². The first-order chi connectivity index (χ1) is 4.65. The van der Waals surface area contributed by atoms with Gasteiger partial charge in [0.15, 0.2) is 0 Å². The fourth-order valence-electron chi connectivity index (χ4n) is 0.232. The maximum Gasteiger partial charge on any atom is 0.402 e. The molecule has 0 aliphatic rings. The van der Waals surface area contributed by atoms with E-state index in [0.29, 0.717) is 0 Å². The van der Waals surface area contributed by atoms with E-state index in [1.54, 1.807) is 6.08 Å². The Labute approximate surface area is 60.9 Å². The number of rotatable bonds is 2. The zero-order valence-corrected chi connectivity index (χ0v) is 6.08. The Morgan fingerprint density at radius 2 is 2.20 bits per heavy atom. The van der Waals surface area contributed by atoms with Gasteiger partial charge in [0.25, 0.3) is 0 Å². The Hall–Kier alpha value is -1.25. The van der Waals surface area contributed by atoms with Crippen LogP contribution in [0.1, 0.15) is 13.3 Å². The maximum absolute atomic E-state index is 8.78. The average Bonchev–Trinajstić information content (AvgIpc) is 1.82. The summed E-state index contributed by atoms with van der Waals surface area (Å²) in [6.45, 7) is 5.61. The summed E-state index contributed by atoms with van der Waals surface area (Å²) in [5, 5.41) is 7.19. The van der Waals surface area contributed by atoms with E-state index in [0.717, 1.165) is 6.42 Å². The van der Waals surface area contributed by atoms with E-state index in [2.05, 4.69) is 25.3 Å². The molecule has 0 saturated heterocycles. The second kappa shape index (κ2) is 10.7. The first kappa shape index (κ1) is 11.5. The second-order valence-corrected chi connectivity index (χ2v) is 1.41. The quantitative estimate of drug-likeness (QED) is 0.578. The Morgan fingerprint density at radius 1 is 1.80 bits per heavy atom. The molecule has 3 nitrogen and oxygen atoms in total. The Morgan fingerprint density at radius 3 is 2.30 bits per heavy atom. The number of primary amides is 1. The van der Waals surface area contributed by atoms with Crippen molar-refractivity contribution in [3.05, 3.63) is 24.8 Å². The molecule has 0 aromatic carbocycles. The Bertz CT molecular complexity index is 115. The summed E-state index contributed by atoms with van der Waals surface area (Å²) in [5.41, 5.74) is 4.03. The summed E-state index contributed by atoms with van der Waals surface area (Å²) < 4.78 is 0. The topological polar surface area (TPSA) is 63.3 Å². The van der Waals surface area contributed by atoms with Gasteiger partial charge < -0.3 is 10.8 Å². The van der Waals surface area contributed by atoms with Crippen molar-refractivity contribution in [2.24, 2.45) is 5.73 Å². The van der Waals surface area contributed by atoms with Crippen LogP contribution < -0.4 is 5.73 Å². The van der Waals surface area contributed by atoms with Crippen LogP contribution >= 0.6 is 0 Å². The van der Waals surface area contributed by atoms with Crippen LogP contribution in [0.4, 0.5) is 4.79 Å². The van der Waals surface area contributed by atoms with E-state index < -0.39 is 6.09 Å². The van der Waals surface area contributed by atoms with Crippen LogP contribution in [0.15, 0.2) is 24.8 Å². The van der Waals surface area contributed by atoms with Gasteiger partial charge in [-0.05, 0) is 6.42 Å². The van der Waals surface area contributed by atoms with E-state index in [1.807, 2.05) is 6.08 Å². The summed E-state index contributed by atoms with van der Waals surface area (Å²) in [6, 6.07) is 0. The van der Waals surface area contributed by atoms with Gasteiger partial charge in [-0.2, -0.15) is 0 Å². The molecular weight excluding hydrogens is 130 g/mol. The van der Waals surface area contributed by atoms with Crippen molar-refractivity contribution >= 4 is 6.09 Å². The van der Waals surface area contributed by atoms with E-state index in [9.17, 15) is 0 Å². The number of nitrogens with two attached hydrogens (primary N) is 1. The Balaban J connectivity index is 0. The lowest BCUT2D eigenvalue weighted by Gasteiger charge is -1.67. The molecule has 0 bridgehead atoms. The number of amides is 1. The highest BCUT2D eigenvalue weighted by Gasteiger charge is 1.65. The molecule has 0 saturated carbocycles. The molecular formula is C7H13NO2. The predicted octanol–water partition coefficient (Wildman–Crippen LogP) is 1.76. The van der Waals surface area contributed by atoms with Gasteiger partial charge in [-0.25, -0.2) is 4.79 Å². The van der Waals surface area contributed by atoms with Gasteiger partial charge in [-0.1, -0.05) is 31.7 Å². The van der Waals surface area contributed by atoms with Crippen LogP contribution in [-0.4, -0.2) is 11.2 Å². The molecule has 0 aromatic rings. The van der Waals surface area contributed by atoms with Crippen molar-refractivity contribution in [1.29, 1.82) is 0 Å². The maximum atomic E-state index is 8.78. The number of hydrogen-bond acceptors (Lipinski definition) is 1. The van der Waals surface area contributed by atoms with Crippen LogP contribution in [0.5, 0.6) is 0 Å². The van der Waals surface area contributed by atoms with E-state index in [4.69, 9.17) is 9.90 Å². The average molecular weight is 143 g/mol. The summed E-state index contributed by atoms with van der Waals surface area (Å²) in [4.78, 5) is 8.78. The molecule has 0 rings (SSSR count). The van der Waals surface area contributed by atoms with Gasteiger partial charge >= 0.3 is 6.09 Å². The molecule has 0 radical (unpaired) electrons. The minimum Gasteiger partial charge on any atom is -0.465 e. The molecule has 3 heteroatoms. The summed E-state index contributed by atoms with van der Waals surface area (Å²) in [6.07, 6.45) is 5.56. The van der Waals surface area contributed by atoms with Crippen molar-refractivity contribution in [2.45, 2.75) is 13.3 Å². The molecule has 0 heterocycles. The summed E-state index contributed by atoms with van der Waals surface area (Å²) in [5.74, 6) is 0. The normalized spacial score (nSPS) is 8.10. The Kier molecular flexibility index (Phi) is 12.3. The molecule has 0 fully saturated rings. The minimum absolute atomic E-state index is 1.10. The van der Waals surface area contributed by atoms with Crippen LogP contribution in [0, 0.1) is 0 Å². The van der Waals surface area contributed by atoms with E-state index >= 15 is 0 Å². The summed E-state index contributed by atoms with van der Waals surface area (Å²) >= 11 is 0. The summed E-state index contributed by atoms with van der Waals surface area (Å²) in [7, 11) is 0. The van der Waals surface area contributed by atoms with Crippen molar-refractivity contribution in [2.75, 3.05) is 0 Å². The molecule has 0 atom stereocenters. The van der Waals surface area contributed by atoms with Gasteiger partial charge in [0.05, 0.1) is 0 Å². The third-order valence-electron chi connectivity index (χ3n) is 0.508. The zero-order valence-electron chi connectivity index (χ0n) is 6.08. The largest absolute Gasteiger partial charge is 0.465 e. The minimum atomic E-state index is -1.33. The molecule has 0 unspecified atom stereocenters. The number of carbonyl (C=O) groups is 1. The first-order valence-electron chi connectivity index (χ1n) is 2.91. The van der Waals surface area contributed by atoms with Crippen LogP contribution in [-0.2, 0) is 0 Å². The van der Waals surface area contributed by atoms with Crippen molar-refractivity contribution in [1.82, 2.24) is 0 Å². The van der Waals surface area contributed by atoms with Crippen LogP contribution in [0.25, 0.3) is 0 Å². The van der Waals surface area contributed by atoms with Gasteiger partial charge in [-0.3, -0.25) is 0 Å². The fourth-order valence-corrected chi connectivity index (χ4v) is 0.232. The number of carboxylic acid groups (broad SMARTS) is 1.